The van der Waals surface area contributed by atoms with Crippen molar-refractivity contribution in [1.82, 2.24) is 10.6 Å². The van der Waals surface area contributed by atoms with Gasteiger partial charge in [0.1, 0.15) is 0 Å². The number of carbonyl (C=O) groups is 1. The molecule has 0 aromatic heterocycles. The number of benzene rings is 1. The number of anilines is 1. The molecule has 0 aliphatic carbocycles. The highest BCUT2D eigenvalue weighted by Gasteiger charge is 2.01. The van der Waals surface area contributed by atoms with Gasteiger partial charge in [0.05, 0.1) is 19.0 Å². The van der Waals surface area contributed by atoms with Crippen molar-refractivity contribution in [3.8, 4) is 6.07 Å². The Bertz CT molecular complexity index is 427. The number of nitrogens with one attached hydrogen (secondary N) is 2. The fourth-order valence-electron chi connectivity index (χ4n) is 1.78. The van der Waals surface area contributed by atoms with Crippen molar-refractivity contribution in [1.29, 1.82) is 5.26 Å². The summed E-state index contributed by atoms with van der Waals surface area (Å²) in [7, 11) is 2.06. The smallest absolute Gasteiger partial charge is 0.233 e. The summed E-state index contributed by atoms with van der Waals surface area (Å²) in [5.41, 5.74) is 1.20. The average molecular weight is 274 g/mol. The van der Waals surface area contributed by atoms with Crippen LogP contribution in [-0.4, -0.2) is 39.1 Å². The van der Waals surface area contributed by atoms with E-state index >= 15 is 0 Å². The number of nitrogens with zero attached hydrogens (tertiary/aromatic N) is 2. The lowest BCUT2D eigenvalue weighted by Crippen LogP contribution is -2.35. The lowest BCUT2D eigenvalue weighted by Gasteiger charge is -2.19. The molecule has 1 rings (SSSR count). The Labute approximate surface area is 120 Å². The van der Waals surface area contributed by atoms with Crippen molar-refractivity contribution in [2.45, 2.75) is 12.8 Å². The first-order valence-corrected chi connectivity index (χ1v) is 6.84. The van der Waals surface area contributed by atoms with Gasteiger partial charge >= 0.3 is 0 Å². The predicted octanol–water partition coefficient (Wildman–Crippen LogP) is 1.13. The van der Waals surface area contributed by atoms with E-state index in [1.165, 1.54) is 5.69 Å². The second kappa shape index (κ2) is 9.82. The monoisotopic (exact) mass is 274 g/mol. The maximum atomic E-state index is 11.3. The minimum Gasteiger partial charge on any atom is -0.375 e. The van der Waals surface area contributed by atoms with Gasteiger partial charge in [0.15, 0.2) is 0 Å². The maximum Gasteiger partial charge on any atom is 0.233 e. The van der Waals surface area contributed by atoms with Crippen LogP contribution in [0.2, 0.25) is 0 Å². The van der Waals surface area contributed by atoms with Crippen molar-refractivity contribution in [3.63, 3.8) is 0 Å². The lowest BCUT2D eigenvalue weighted by molar-refractivity contribution is -0.120. The first-order valence-electron chi connectivity index (χ1n) is 6.84. The molecule has 0 fully saturated rings. The lowest BCUT2D eigenvalue weighted by atomic mass is 10.3. The van der Waals surface area contributed by atoms with Gasteiger partial charge in [-0.1, -0.05) is 18.2 Å². The number of para-hydroxylation sites is 1. The zero-order valence-corrected chi connectivity index (χ0v) is 11.9. The molecule has 0 radical (unpaired) electrons. The van der Waals surface area contributed by atoms with E-state index in [4.69, 9.17) is 5.26 Å². The summed E-state index contributed by atoms with van der Waals surface area (Å²) in [5, 5.41) is 14.1. The molecule has 0 atom stereocenters. The molecule has 20 heavy (non-hydrogen) atoms. The Morgan fingerprint density at radius 1 is 1.30 bits per heavy atom. The van der Waals surface area contributed by atoms with Crippen molar-refractivity contribution >= 4 is 11.6 Å². The summed E-state index contributed by atoms with van der Waals surface area (Å²) in [6.07, 6.45) is 1.32. The topological polar surface area (TPSA) is 68.2 Å². The van der Waals surface area contributed by atoms with Crippen LogP contribution in [0.25, 0.3) is 0 Å². The highest BCUT2D eigenvalue weighted by molar-refractivity contribution is 5.77. The van der Waals surface area contributed by atoms with Crippen molar-refractivity contribution in [3.05, 3.63) is 30.3 Å². The number of hydrogen-bond donors (Lipinski definition) is 2. The van der Waals surface area contributed by atoms with E-state index in [0.717, 1.165) is 19.5 Å². The van der Waals surface area contributed by atoms with Crippen LogP contribution < -0.4 is 15.5 Å². The van der Waals surface area contributed by atoms with Gasteiger partial charge < -0.3 is 15.5 Å². The molecular weight excluding hydrogens is 252 g/mol. The molecule has 1 aromatic rings. The summed E-state index contributed by atoms with van der Waals surface area (Å²) in [6, 6.07) is 12.2. The maximum absolute atomic E-state index is 11.3. The van der Waals surface area contributed by atoms with E-state index in [1.54, 1.807) is 0 Å². The van der Waals surface area contributed by atoms with Crippen molar-refractivity contribution in [2.24, 2.45) is 0 Å². The van der Waals surface area contributed by atoms with Crippen molar-refractivity contribution < 1.29 is 4.79 Å². The van der Waals surface area contributed by atoms with E-state index in [1.807, 2.05) is 24.3 Å². The molecule has 0 aliphatic heterocycles. The third-order valence-corrected chi connectivity index (χ3v) is 2.89. The second-order valence-corrected chi connectivity index (χ2v) is 4.55. The molecule has 108 valence electrons. The van der Waals surface area contributed by atoms with Gasteiger partial charge in [-0.2, -0.15) is 5.26 Å². The normalized spacial score (nSPS) is 9.80. The van der Waals surface area contributed by atoms with Gasteiger partial charge in [0.2, 0.25) is 5.91 Å². The number of hydrogen-bond acceptors (Lipinski definition) is 4. The Balaban J connectivity index is 2.05. The van der Waals surface area contributed by atoms with Crippen LogP contribution in [0.15, 0.2) is 30.3 Å². The zero-order valence-electron chi connectivity index (χ0n) is 11.9. The summed E-state index contributed by atoms with van der Waals surface area (Å²) in [6.45, 7) is 2.46. The quantitative estimate of drug-likeness (QED) is 0.662. The van der Waals surface area contributed by atoms with Gasteiger partial charge in [-0.05, 0) is 25.1 Å². The molecule has 0 spiro atoms. The molecule has 0 saturated carbocycles. The first kappa shape index (κ1) is 16.0. The van der Waals surface area contributed by atoms with Crippen LogP contribution in [0.5, 0.6) is 0 Å². The van der Waals surface area contributed by atoms with Crippen LogP contribution in [0.3, 0.4) is 0 Å². The fourth-order valence-corrected chi connectivity index (χ4v) is 1.78. The Morgan fingerprint density at radius 2 is 2.05 bits per heavy atom. The van der Waals surface area contributed by atoms with Crippen LogP contribution in [-0.2, 0) is 4.79 Å². The average Bonchev–Trinajstić information content (AvgIpc) is 2.48. The third kappa shape index (κ3) is 6.76. The fraction of sp³-hybridized carbons (Fsp3) is 0.467. The van der Waals surface area contributed by atoms with Gasteiger partial charge in [0, 0.05) is 25.8 Å². The molecule has 0 aliphatic rings. The molecule has 0 heterocycles. The highest BCUT2D eigenvalue weighted by Crippen LogP contribution is 2.10. The van der Waals surface area contributed by atoms with E-state index in [2.05, 4.69) is 34.7 Å². The third-order valence-electron chi connectivity index (χ3n) is 2.89. The summed E-state index contributed by atoms with van der Waals surface area (Å²) in [5.74, 6) is -0.0586. The molecule has 5 nitrogen and oxygen atoms in total. The number of amides is 1. The molecular formula is C15H22N4O. The van der Waals surface area contributed by atoms with E-state index in [0.29, 0.717) is 19.5 Å². The summed E-state index contributed by atoms with van der Waals surface area (Å²) < 4.78 is 0. The number of carbonyl (C=O) groups excluding carboxylic acids is 1. The SMILES string of the molecule is CN(CCCNCC(=O)NCCC#N)c1ccccc1. The van der Waals surface area contributed by atoms with Crippen molar-refractivity contribution in [2.75, 3.05) is 38.1 Å². The van der Waals surface area contributed by atoms with Gasteiger partial charge in [-0.15, -0.1) is 0 Å². The summed E-state index contributed by atoms with van der Waals surface area (Å²) >= 11 is 0. The Morgan fingerprint density at radius 3 is 2.75 bits per heavy atom. The zero-order chi connectivity index (χ0) is 14.6. The minimum absolute atomic E-state index is 0.0586. The standard InChI is InChI=1S/C15H22N4O/c1-19(14-7-3-2-4-8-14)12-6-10-17-13-15(20)18-11-5-9-16/h2-4,7-8,17H,5-6,10-13H2,1H3,(H,18,20). The molecule has 5 heteroatoms. The molecule has 0 saturated heterocycles. The largest absolute Gasteiger partial charge is 0.375 e. The molecule has 0 bridgehead atoms. The highest BCUT2D eigenvalue weighted by atomic mass is 16.1. The van der Waals surface area contributed by atoms with Gasteiger partial charge in [-0.3, -0.25) is 4.79 Å². The molecule has 0 unspecified atom stereocenters. The minimum atomic E-state index is -0.0586. The van der Waals surface area contributed by atoms with E-state index in [9.17, 15) is 4.79 Å². The number of nitriles is 1. The first-order chi connectivity index (χ1) is 9.74. The summed E-state index contributed by atoms with van der Waals surface area (Å²) in [4.78, 5) is 13.5. The van der Waals surface area contributed by atoms with Crippen LogP contribution >= 0.6 is 0 Å². The van der Waals surface area contributed by atoms with E-state index < -0.39 is 0 Å². The molecule has 2 N–H and O–H groups in total. The van der Waals surface area contributed by atoms with Gasteiger partial charge in [0.25, 0.3) is 0 Å². The number of rotatable bonds is 9. The van der Waals surface area contributed by atoms with E-state index in [-0.39, 0.29) is 5.91 Å². The van der Waals surface area contributed by atoms with Gasteiger partial charge in [-0.25, -0.2) is 0 Å². The second-order valence-electron chi connectivity index (χ2n) is 4.55. The Kier molecular flexibility index (Phi) is 7.85. The molecule has 1 aromatic carbocycles. The van der Waals surface area contributed by atoms with Crippen LogP contribution in [0, 0.1) is 11.3 Å². The van der Waals surface area contributed by atoms with Crippen LogP contribution in [0.1, 0.15) is 12.8 Å². The van der Waals surface area contributed by atoms with Crippen LogP contribution in [0.4, 0.5) is 5.69 Å². The predicted molar refractivity (Wildman–Crippen MR) is 80.4 cm³/mol. The Hall–Kier alpha value is -2.06. The molecule has 1 amide bonds.